The van der Waals surface area contributed by atoms with Crippen molar-refractivity contribution >= 4 is 79.9 Å². The Hall–Kier alpha value is -3.15. The monoisotopic (exact) mass is 791 g/mol. The summed E-state index contributed by atoms with van der Waals surface area (Å²) in [6.07, 6.45) is 2.46. The van der Waals surface area contributed by atoms with Gasteiger partial charge >= 0.3 is 5.97 Å². The first kappa shape index (κ1) is 37.6. The first-order chi connectivity index (χ1) is 23.8. The topological polar surface area (TPSA) is 122 Å². The van der Waals surface area contributed by atoms with E-state index in [0.717, 1.165) is 40.0 Å². The molecule has 3 aliphatic rings. The minimum atomic E-state index is -4.03. The number of nitrogens with zero attached hydrogens (tertiary/aromatic N) is 2. The largest absolute Gasteiger partial charge is 0.426 e. The van der Waals surface area contributed by atoms with Gasteiger partial charge in [0.05, 0.1) is 41.8 Å². The highest BCUT2D eigenvalue weighted by molar-refractivity contribution is 7.89. The molecule has 0 spiro atoms. The summed E-state index contributed by atoms with van der Waals surface area (Å²) in [6, 6.07) is 10.3. The number of amides is 2. The molecule has 2 amide bonds. The van der Waals surface area contributed by atoms with Crippen LogP contribution in [-0.2, 0) is 20.2 Å². The van der Waals surface area contributed by atoms with Crippen LogP contribution in [-0.4, -0.2) is 43.4 Å². The Morgan fingerprint density at radius 1 is 0.980 bits per heavy atom. The molecule has 1 fully saturated rings. The van der Waals surface area contributed by atoms with Crippen molar-refractivity contribution in [1.29, 1.82) is 0 Å². The molecule has 0 aromatic heterocycles. The number of rotatable bonds is 7. The van der Waals surface area contributed by atoms with Crippen LogP contribution in [0.1, 0.15) is 109 Å². The summed E-state index contributed by atoms with van der Waals surface area (Å²) in [7, 11) is -4.03. The predicted molar refractivity (Wildman–Crippen MR) is 199 cm³/mol. The van der Waals surface area contributed by atoms with Gasteiger partial charge in [0.1, 0.15) is 5.75 Å². The third-order valence-corrected chi connectivity index (χ3v) is 13.8. The zero-order chi connectivity index (χ0) is 37.4. The van der Waals surface area contributed by atoms with Crippen molar-refractivity contribution in [3.63, 3.8) is 0 Å². The van der Waals surface area contributed by atoms with Gasteiger partial charge in [-0.3, -0.25) is 19.3 Å². The van der Waals surface area contributed by atoms with Gasteiger partial charge in [0.15, 0.2) is 0 Å². The Kier molecular flexibility index (Phi) is 9.85. The van der Waals surface area contributed by atoms with Gasteiger partial charge in [-0.1, -0.05) is 98.2 Å². The van der Waals surface area contributed by atoms with E-state index in [1.54, 1.807) is 12.1 Å². The number of halogens is 4. The van der Waals surface area contributed by atoms with E-state index < -0.39 is 38.6 Å². The van der Waals surface area contributed by atoms with Crippen LogP contribution in [0.2, 0.25) is 20.1 Å². The maximum atomic E-state index is 13.9. The standard InChI is InChI=1S/C37H37Cl4N3O6S/c1-18(2)22-14-23-24(15-26(22)50-20(4)45)37(6)13-7-12-36(5,17-44-34(46)28-29(35(44)47)31(39)33(41)32(40)30(28)38)27(37)16-25(23)42-43-51(48,49)21-10-8-19(3)9-11-21/h8-11,14-15,18,27,43H,7,12-13,16-17H2,1-6H3/b42-25-/t27-,36-,37+/m0/s1. The van der Waals surface area contributed by atoms with Crippen molar-refractivity contribution in [2.24, 2.45) is 16.4 Å². The smallest absolute Gasteiger partial charge is 0.308 e. The molecule has 14 heteroatoms. The number of esters is 1. The van der Waals surface area contributed by atoms with E-state index in [-0.39, 0.29) is 54.5 Å². The number of nitrogens with one attached hydrogen (secondary N) is 1. The van der Waals surface area contributed by atoms with Crippen molar-refractivity contribution < 1.29 is 27.5 Å². The Balaban J connectivity index is 1.47. The van der Waals surface area contributed by atoms with Crippen LogP contribution in [0, 0.1) is 18.3 Å². The van der Waals surface area contributed by atoms with E-state index in [1.807, 2.05) is 39.8 Å². The van der Waals surface area contributed by atoms with Gasteiger partial charge < -0.3 is 4.74 Å². The van der Waals surface area contributed by atoms with Gasteiger partial charge in [-0.15, -0.1) is 0 Å². The van der Waals surface area contributed by atoms with E-state index >= 15 is 0 Å². The molecular weight excluding hydrogens is 756 g/mol. The summed E-state index contributed by atoms with van der Waals surface area (Å²) in [6.45, 7) is 11.3. The molecule has 1 N–H and O–H groups in total. The molecule has 1 aliphatic heterocycles. The SMILES string of the molecule is CC(=O)Oc1cc2c(cc1C(C)C)/C(=N\NS(=O)(=O)c1ccc(C)cc1)C[C@H]1[C@](C)(CN3C(=O)c4c(Cl)c(Cl)c(Cl)c(Cl)c4C3=O)CCC[C@]21C. The number of ether oxygens (including phenoxy) is 1. The number of aryl methyl sites for hydroxylation is 1. The van der Waals surface area contributed by atoms with E-state index in [1.165, 1.54) is 19.1 Å². The van der Waals surface area contributed by atoms with Crippen LogP contribution in [0.25, 0.3) is 0 Å². The van der Waals surface area contributed by atoms with Crippen LogP contribution in [0.5, 0.6) is 5.75 Å². The molecule has 3 aromatic carbocycles. The second kappa shape index (κ2) is 13.4. The molecule has 0 unspecified atom stereocenters. The van der Waals surface area contributed by atoms with Crippen LogP contribution in [0.15, 0.2) is 46.4 Å². The average Bonchev–Trinajstić information content (AvgIpc) is 3.30. The number of benzene rings is 3. The Labute approximate surface area is 317 Å². The second-order valence-corrected chi connectivity index (χ2v) is 17.7. The maximum absolute atomic E-state index is 13.9. The molecule has 270 valence electrons. The summed E-state index contributed by atoms with van der Waals surface area (Å²) in [5.74, 6) is -1.58. The fourth-order valence-corrected chi connectivity index (χ4v) is 10.0. The lowest BCUT2D eigenvalue weighted by Gasteiger charge is -2.56. The zero-order valence-corrected chi connectivity index (χ0v) is 32.8. The van der Waals surface area contributed by atoms with Crippen LogP contribution >= 0.6 is 46.4 Å². The highest BCUT2D eigenvalue weighted by atomic mass is 35.5. The third kappa shape index (κ3) is 6.35. The number of hydrogen-bond acceptors (Lipinski definition) is 7. The number of carbonyl (C=O) groups is 3. The Morgan fingerprint density at radius 2 is 1.57 bits per heavy atom. The van der Waals surface area contributed by atoms with Crippen molar-refractivity contribution in [3.8, 4) is 5.75 Å². The molecule has 6 rings (SSSR count). The van der Waals surface area contributed by atoms with Gasteiger partial charge in [-0.2, -0.15) is 18.4 Å². The lowest BCUT2D eigenvalue weighted by Crippen LogP contribution is -2.55. The summed E-state index contributed by atoms with van der Waals surface area (Å²) in [4.78, 5) is 43.7. The summed E-state index contributed by atoms with van der Waals surface area (Å²) < 4.78 is 32.6. The molecule has 9 nitrogen and oxygen atoms in total. The number of fused-ring (bicyclic) bond motifs is 4. The minimum absolute atomic E-state index is 0.0140. The molecule has 3 aromatic rings. The van der Waals surface area contributed by atoms with Crippen molar-refractivity contribution in [2.75, 3.05) is 6.54 Å². The van der Waals surface area contributed by atoms with Crippen molar-refractivity contribution in [1.82, 2.24) is 9.73 Å². The normalized spacial score (nSPS) is 23.7. The maximum Gasteiger partial charge on any atom is 0.308 e. The number of hydrazone groups is 1. The van der Waals surface area contributed by atoms with Crippen LogP contribution in [0.3, 0.4) is 0 Å². The summed E-state index contributed by atoms with van der Waals surface area (Å²) in [5, 5.41) is 4.08. The number of hydrogen-bond donors (Lipinski definition) is 1. The van der Waals surface area contributed by atoms with Gasteiger partial charge in [0, 0.05) is 19.0 Å². The molecule has 3 atom stereocenters. The van der Waals surface area contributed by atoms with Crippen LogP contribution < -0.4 is 9.57 Å². The molecular formula is C37H37Cl4N3O6S. The van der Waals surface area contributed by atoms with Gasteiger partial charge in [-0.25, -0.2) is 0 Å². The summed E-state index contributed by atoms with van der Waals surface area (Å²) in [5.41, 5.74) is 2.33. The van der Waals surface area contributed by atoms with Crippen molar-refractivity contribution in [2.45, 2.75) is 83.5 Å². The van der Waals surface area contributed by atoms with E-state index in [0.29, 0.717) is 24.3 Å². The highest BCUT2D eigenvalue weighted by Gasteiger charge is 2.56. The second-order valence-electron chi connectivity index (χ2n) is 14.5. The van der Waals surface area contributed by atoms with E-state index in [4.69, 9.17) is 51.1 Å². The number of sulfonamides is 1. The lowest BCUT2D eigenvalue weighted by molar-refractivity contribution is -0.131. The van der Waals surface area contributed by atoms with Gasteiger partial charge in [0.25, 0.3) is 21.8 Å². The van der Waals surface area contributed by atoms with Crippen molar-refractivity contribution in [3.05, 3.63) is 89.9 Å². The van der Waals surface area contributed by atoms with Gasteiger partial charge in [0.2, 0.25) is 0 Å². The molecule has 1 saturated carbocycles. The minimum Gasteiger partial charge on any atom is -0.426 e. The zero-order valence-electron chi connectivity index (χ0n) is 28.9. The Morgan fingerprint density at radius 3 is 2.12 bits per heavy atom. The van der Waals surface area contributed by atoms with Crippen LogP contribution in [0.4, 0.5) is 0 Å². The first-order valence-corrected chi connectivity index (χ1v) is 19.5. The van der Waals surface area contributed by atoms with E-state index in [2.05, 4.69) is 16.9 Å². The van der Waals surface area contributed by atoms with E-state index in [9.17, 15) is 22.8 Å². The summed E-state index contributed by atoms with van der Waals surface area (Å²) >= 11 is 25.5. The van der Waals surface area contributed by atoms with Gasteiger partial charge in [-0.05, 0) is 84.2 Å². The highest BCUT2D eigenvalue weighted by Crippen LogP contribution is 2.59. The number of imide groups is 1. The average molecular weight is 794 g/mol. The lowest BCUT2D eigenvalue weighted by atomic mass is 9.49. The molecule has 0 radical (unpaired) electrons. The predicted octanol–water partition coefficient (Wildman–Crippen LogP) is 9.10. The molecule has 51 heavy (non-hydrogen) atoms. The fourth-order valence-electron chi connectivity index (χ4n) is 8.16. The molecule has 0 bridgehead atoms. The fraction of sp³-hybridized carbons (Fsp3) is 0.405. The molecule has 2 aliphatic carbocycles. The third-order valence-electron chi connectivity index (χ3n) is 10.7. The molecule has 1 heterocycles. The molecule has 0 saturated heterocycles. The first-order valence-electron chi connectivity index (χ1n) is 16.5. The Bertz CT molecular complexity index is 2110. The quantitative estimate of drug-likeness (QED) is 0.0636. The number of carbonyl (C=O) groups excluding carboxylic acids is 3.